The molecule has 0 aliphatic carbocycles. The van der Waals surface area contributed by atoms with Gasteiger partial charge in [0, 0.05) is 5.54 Å². The van der Waals surface area contributed by atoms with Gasteiger partial charge in [0.15, 0.2) is 0 Å². The van der Waals surface area contributed by atoms with E-state index in [-0.39, 0.29) is 11.6 Å². The van der Waals surface area contributed by atoms with Crippen LogP contribution in [0.25, 0.3) is 0 Å². The summed E-state index contributed by atoms with van der Waals surface area (Å²) in [5.41, 5.74) is 5.51. The van der Waals surface area contributed by atoms with Gasteiger partial charge in [0.1, 0.15) is 0 Å². The smallest absolute Gasteiger partial charge is 0.0560 e. The van der Waals surface area contributed by atoms with E-state index in [1.54, 1.807) is 0 Å². The molecule has 2 nitrogen and oxygen atoms in total. The van der Waals surface area contributed by atoms with Crippen molar-refractivity contribution in [1.82, 2.24) is 0 Å². The lowest BCUT2D eigenvalue weighted by Crippen LogP contribution is -2.36. The first kappa shape index (κ1) is 10.9. The Hall–Kier alpha value is -0.0800. The number of aliphatic hydroxyl groups is 1. The van der Waals surface area contributed by atoms with Gasteiger partial charge in [-0.3, -0.25) is 0 Å². The molecule has 0 radical (unpaired) electrons. The van der Waals surface area contributed by atoms with Crippen molar-refractivity contribution in [2.75, 3.05) is 0 Å². The van der Waals surface area contributed by atoms with Crippen molar-refractivity contribution in [3.8, 4) is 0 Å². The highest BCUT2D eigenvalue weighted by atomic mass is 16.3. The standard InChI is InChI=1S/C9H21NO/c1-7(2)5-8(11)6-9(3,4)10/h7-8,11H,5-6,10H2,1-4H3. The van der Waals surface area contributed by atoms with E-state index in [0.717, 1.165) is 6.42 Å². The minimum Gasteiger partial charge on any atom is -0.393 e. The lowest BCUT2D eigenvalue weighted by Gasteiger charge is -2.23. The Morgan fingerprint density at radius 1 is 1.36 bits per heavy atom. The molecule has 1 atom stereocenters. The maximum Gasteiger partial charge on any atom is 0.0560 e. The SMILES string of the molecule is CC(C)CC(O)CC(C)(C)N. The summed E-state index contributed by atoms with van der Waals surface area (Å²) >= 11 is 0. The van der Waals surface area contributed by atoms with E-state index in [1.165, 1.54) is 0 Å². The molecule has 3 N–H and O–H groups in total. The zero-order valence-electron chi connectivity index (χ0n) is 8.09. The minimum atomic E-state index is -0.242. The molecule has 0 amide bonds. The first-order valence-corrected chi connectivity index (χ1v) is 4.28. The van der Waals surface area contributed by atoms with E-state index < -0.39 is 0 Å². The Morgan fingerprint density at radius 2 is 1.82 bits per heavy atom. The van der Waals surface area contributed by atoms with Crippen LogP contribution in [0.1, 0.15) is 40.5 Å². The van der Waals surface area contributed by atoms with Crippen molar-refractivity contribution in [3.05, 3.63) is 0 Å². The Bertz CT molecular complexity index is 105. The van der Waals surface area contributed by atoms with Crippen LogP contribution in [0.4, 0.5) is 0 Å². The quantitative estimate of drug-likeness (QED) is 0.653. The van der Waals surface area contributed by atoms with Gasteiger partial charge >= 0.3 is 0 Å². The minimum absolute atomic E-state index is 0.241. The maximum atomic E-state index is 9.48. The summed E-state index contributed by atoms with van der Waals surface area (Å²) < 4.78 is 0. The molecule has 0 rings (SSSR count). The van der Waals surface area contributed by atoms with Crippen LogP contribution in [-0.4, -0.2) is 16.7 Å². The zero-order valence-corrected chi connectivity index (χ0v) is 8.09. The highest BCUT2D eigenvalue weighted by molar-refractivity contribution is 4.76. The second-order valence-corrected chi connectivity index (χ2v) is 4.48. The second-order valence-electron chi connectivity index (χ2n) is 4.48. The molecule has 1 unspecified atom stereocenters. The van der Waals surface area contributed by atoms with Crippen LogP contribution in [0.15, 0.2) is 0 Å². The third kappa shape index (κ3) is 7.82. The van der Waals surface area contributed by atoms with Gasteiger partial charge in [-0.25, -0.2) is 0 Å². The van der Waals surface area contributed by atoms with E-state index in [9.17, 15) is 5.11 Å². The fourth-order valence-electron chi connectivity index (χ4n) is 1.23. The van der Waals surface area contributed by atoms with Gasteiger partial charge in [0.25, 0.3) is 0 Å². The summed E-state index contributed by atoms with van der Waals surface area (Å²) in [5.74, 6) is 0.548. The molecule has 0 fully saturated rings. The average molecular weight is 159 g/mol. The van der Waals surface area contributed by atoms with Gasteiger partial charge in [-0.05, 0) is 32.6 Å². The zero-order chi connectivity index (χ0) is 9.07. The molecule has 0 aromatic carbocycles. The predicted molar refractivity (Wildman–Crippen MR) is 48.3 cm³/mol. The normalized spacial score (nSPS) is 15.5. The van der Waals surface area contributed by atoms with Crippen molar-refractivity contribution in [3.63, 3.8) is 0 Å². The molecule has 68 valence electrons. The summed E-state index contributed by atoms with van der Waals surface area (Å²) in [4.78, 5) is 0. The Balaban J connectivity index is 3.61. The van der Waals surface area contributed by atoms with Gasteiger partial charge < -0.3 is 10.8 Å². The largest absolute Gasteiger partial charge is 0.393 e. The molecule has 0 saturated heterocycles. The molecule has 0 aromatic rings. The summed E-state index contributed by atoms with van der Waals surface area (Å²) in [6.45, 7) is 8.09. The van der Waals surface area contributed by atoms with Crippen LogP contribution in [-0.2, 0) is 0 Å². The van der Waals surface area contributed by atoms with Gasteiger partial charge in [-0.2, -0.15) is 0 Å². The number of hydrogen-bond donors (Lipinski definition) is 2. The molecule has 2 heteroatoms. The first-order chi connectivity index (χ1) is 4.81. The van der Waals surface area contributed by atoms with Gasteiger partial charge in [0.05, 0.1) is 6.10 Å². The van der Waals surface area contributed by atoms with Gasteiger partial charge in [0.2, 0.25) is 0 Å². The fraction of sp³-hybridized carbons (Fsp3) is 1.00. The fourth-order valence-corrected chi connectivity index (χ4v) is 1.23. The molecule has 0 spiro atoms. The van der Waals surface area contributed by atoms with Crippen molar-refractivity contribution >= 4 is 0 Å². The topological polar surface area (TPSA) is 46.2 Å². The molecule has 11 heavy (non-hydrogen) atoms. The predicted octanol–water partition coefficient (Wildman–Crippen LogP) is 1.52. The third-order valence-electron chi connectivity index (χ3n) is 1.51. The number of nitrogens with two attached hydrogens (primary N) is 1. The summed E-state index contributed by atoms with van der Waals surface area (Å²) in [6, 6.07) is 0. The number of rotatable bonds is 4. The Kier molecular flexibility index (Phi) is 4.04. The lowest BCUT2D eigenvalue weighted by atomic mass is 9.93. The average Bonchev–Trinajstić information content (AvgIpc) is 1.53. The number of hydrogen-bond acceptors (Lipinski definition) is 2. The van der Waals surface area contributed by atoms with Crippen LogP contribution in [0, 0.1) is 5.92 Å². The monoisotopic (exact) mass is 159 g/mol. The maximum absolute atomic E-state index is 9.48. The van der Waals surface area contributed by atoms with E-state index >= 15 is 0 Å². The van der Waals surface area contributed by atoms with Crippen LogP contribution in [0.5, 0.6) is 0 Å². The molecular weight excluding hydrogens is 138 g/mol. The molecule has 0 aromatic heterocycles. The molecule has 0 bridgehead atoms. The van der Waals surface area contributed by atoms with Crippen molar-refractivity contribution in [2.45, 2.75) is 52.2 Å². The highest BCUT2D eigenvalue weighted by Crippen LogP contribution is 2.14. The van der Waals surface area contributed by atoms with E-state index in [2.05, 4.69) is 13.8 Å². The molecule has 0 saturated carbocycles. The van der Waals surface area contributed by atoms with Crippen LogP contribution in [0.3, 0.4) is 0 Å². The Labute approximate surface area is 69.8 Å². The first-order valence-electron chi connectivity index (χ1n) is 4.28. The Morgan fingerprint density at radius 3 is 2.09 bits per heavy atom. The molecule has 0 aliphatic rings. The van der Waals surface area contributed by atoms with Crippen molar-refractivity contribution in [2.24, 2.45) is 11.7 Å². The van der Waals surface area contributed by atoms with E-state index in [4.69, 9.17) is 5.73 Å². The second kappa shape index (κ2) is 4.07. The van der Waals surface area contributed by atoms with E-state index in [1.807, 2.05) is 13.8 Å². The summed E-state index contributed by atoms with van der Waals surface area (Å²) in [7, 11) is 0. The lowest BCUT2D eigenvalue weighted by molar-refractivity contribution is 0.118. The summed E-state index contributed by atoms with van der Waals surface area (Å²) in [6.07, 6.45) is 1.29. The van der Waals surface area contributed by atoms with E-state index in [0.29, 0.717) is 12.3 Å². The van der Waals surface area contributed by atoms with Gasteiger partial charge in [-0.15, -0.1) is 0 Å². The molecular formula is C9H21NO. The highest BCUT2D eigenvalue weighted by Gasteiger charge is 2.17. The summed E-state index contributed by atoms with van der Waals surface area (Å²) in [5, 5.41) is 9.48. The van der Waals surface area contributed by atoms with Crippen LogP contribution < -0.4 is 5.73 Å². The van der Waals surface area contributed by atoms with Crippen LogP contribution in [0.2, 0.25) is 0 Å². The number of aliphatic hydroxyl groups excluding tert-OH is 1. The van der Waals surface area contributed by atoms with Crippen LogP contribution >= 0.6 is 0 Å². The van der Waals surface area contributed by atoms with Gasteiger partial charge in [-0.1, -0.05) is 13.8 Å². The van der Waals surface area contributed by atoms with Crippen molar-refractivity contribution in [1.29, 1.82) is 0 Å². The molecule has 0 aliphatic heterocycles. The third-order valence-corrected chi connectivity index (χ3v) is 1.51. The molecule has 0 heterocycles. The van der Waals surface area contributed by atoms with Crippen molar-refractivity contribution < 1.29 is 5.11 Å².